The first-order chi connectivity index (χ1) is 10.2. The van der Waals surface area contributed by atoms with Gasteiger partial charge >= 0.3 is 0 Å². The lowest BCUT2D eigenvalue weighted by molar-refractivity contribution is -0.130. The van der Waals surface area contributed by atoms with Gasteiger partial charge in [0.05, 0.1) is 6.04 Å². The van der Waals surface area contributed by atoms with Crippen molar-refractivity contribution in [3.8, 4) is 0 Å². The monoisotopic (exact) mass is 310 g/mol. The first-order valence-corrected chi connectivity index (χ1v) is 8.88. The number of unbranched alkanes of at least 4 members (excludes halogenated alkanes) is 1. The minimum Gasteiger partial charge on any atom is -0.321 e. The van der Waals surface area contributed by atoms with Crippen LogP contribution in [0.1, 0.15) is 37.9 Å². The number of thioether (sulfide) groups is 1. The first kappa shape index (κ1) is 16.3. The second-order valence-electron chi connectivity index (χ2n) is 5.28. The molecular weight excluding hydrogens is 287 g/mol. The summed E-state index contributed by atoms with van der Waals surface area (Å²) < 4.78 is 14.0. The number of amides is 1. The zero-order valence-electron chi connectivity index (χ0n) is 12.6. The molecule has 1 aromatic carbocycles. The molecule has 0 aliphatic carbocycles. The average molecular weight is 310 g/mol. The molecule has 1 aliphatic rings. The quantitative estimate of drug-likeness (QED) is 0.785. The molecule has 1 aromatic rings. The molecule has 0 bridgehead atoms. The van der Waals surface area contributed by atoms with E-state index in [1.165, 1.54) is 6.07 Å². The number of nitrogens with zero attached hydrogens (tertiary/aromatic N) is 1. The van der Waals surface area contributed by atoms with Gasteiger partial charge in [-0.1, -0.05) is 25.1 Å². The van der Waals surface area contributed by atoms with Crippen molar-refractivity contribution in [2.75, 3.05) is 18.6 Å². The van der Waals surface area contributed by atoms with Crippen LogP contribution in [0.2, 0.25) is 0 Å². The lowest BCUT2D eigenvalue weighted by atomic mass is 10.1. The van der Waals surface area contributed by atoms with Crippen LogP contribution < -0.4 is 5.32 Å². The first-order valence-electron chi connectivity index (χ1n) is 7.49. The van der Waals surface area contributed by atoms with Crippen LogP contribution in [0, 0.1) is 5.82 Å². The zero-order valence-corrected chi connectivity index (χ0v) is 13.5. The molecule has 1 saturated heterocycles. The molecule has 0 spiro atoms. The van der Waals surface area contributed by atoms with Gasteiger partial charge in [-0.05, 0) is 37.3 Å². The molecule has 1 fully saturated rings. The van der Waals surface area contributed by atoms with E-state index in [9.17, 15) is 9.18 Å². The summed E-state index contributed by atoms with van der Waals surface area (Å²) in [6.07, 6.45) is 4.50. The lowest BCUT2D eigenvalue weighted by Gasteiger charge is -2.24. The van der Waals surface area contributed by atoms with Crippen molar-refractivity contribution in [1.29, 1.82) is 0 Å². The van der Waals surface area contributed by atoms with E-state index < -0.39 is 0 Å². The minimum atomic E-state index is -0.335. The van der Waals surface area contributed by atoms with Crippen molar-refractivity contribution in [2.45, 2.75) is 38.4 Å². The van der Waals surface area contributed by atoms with Crippen molar-refractivity contribution >= 4 is 17.7 Å². The largest absolute Gasteiger partial charge is 0.321 e. The Morgan fingerprint density at radius 1 is 1.33 bits per heavy atom. The van der Waals surface area contributed by atoms with Crippen molar-refractivity contribution in [3.05, 3.63) is 35.6 Å². The number of hydrogen-bond acceptors (Lipinski definition) is 3. The second-order valence-corrected chi connectivity index (χ2v) is 6.27. The molecule has 1 N–H and O–H groups in total. The van der Waals surface area contributed by atoms with E-state index in [0.717, 1.165) is 25.0 Å². The molecule has 1 heterocycles. The van der Waals surface area contributed by atoms with E-state index in [-0.39, 0.29) is 23.9 Å². The Balaban J connectivity index is 2.13. The summed E-state index contributed by atoms with van der Waals surface area (Å²) in [4.78, 5) is 14.2. The van der Waals surface area contributed by atoms with E-state index >= 15 is 0 Å². The third-order valence-corrected chi connectivity index (χ3v) is 4.55. The molecule has 1 aliphatic heterocycles. The maximum absolute atomic E-state index is 14.0. The van der Waals surface area contributed by atoms with Gasteiger partial charge in [0.1, 0.15) is 12.0 Å². The predicted molar refractivity (Wildman–Crippen MR) is 85.7 cm³/mol. The van der Waals surface area contributed by atoms with Crippen molar-refractivity contribution in [3.63, 3.8) is 0 Å². The summed E-state index contributed by atoms with van der Waals surface area (Å²) in [6, 6.07) is 6.50. The third-order valence-electron chi connectivity index (χ3n) is 3.86. The number of benzene rings is 1. The van der Waals surface area contributed by atoms with E-state index in [0.29, 0.717) is 12.1 Å². The van der Waals surface area contributed by atoms with Gasteiger partial charge in [-0.15, -0.1) is 0 Å². The topological polar surface area (TPSA) is 32.3 Å². The maximum atomic E-state index is 14.0. The van der Waals surface area contributed by atoms with Crippen LogP contribution in [0.5, 0.6) is 0 Å². The zero-order chi connectivity index (χ0) is 15.2. The number of hydrogen-bond donors (Lipinski definition) is 1. The fourth-order valence-corrected chi connectivity index (χ4v) is 3.19. The molecule has 5 heteroatoms. The highest BCUT2D eigenvalue weighted by Gasteiger charge is 2.39. The fraction of sp³-hybridized carbons (Fsp3) is 0.562. The predicted octanol–water partition coefficient (Wildman–Crippen LogP) is 3.18. The molecule has 2 unspecified atom stereocenters. The normalized spacial score (nSPS) is 22.0. The van der Waals surface area contributed by atoms with Gasteiger partial charge in [0.2, 0.25) is 5.91 Å². The van der Waals surface area contributed by atoms with Gasteiger partial charge in [0.25, 0.3) is 0 Å². The number of carbonyl (C=O) groups excluding carboxylic acids is 1. The van der Waals surface area contributed by atoms with Crippen molar-refractivity contribution < 1.29 is 9.18 Å². The molecule has 0 radical (unpaired) electrons. The summed E-state index contributed by atoms with van der Waals surface area (Å²) >= 11 is 1.81. The summed E-state index contributed by atoms with van der Waals surface area (Å²) in [5.74, 6) is 0.931. The van der Waals surface area contributed by atoms with Crippen LogP contribution >= 0.6 is 11.8 Å². The average Bonchev–Trinajstić information content (AvgIpc) is 2.80. The Hall–Kier alpha value is -1.07. The molecule has 2 rings (SSSR count). The molecule has 0 aromatic heterocycles. The smallest absolute Gasteiger partial charge is 0.241 e. The van der Waals surface area contributed by atoms with Crippen LogP contribution in [-0.2, 0) is 4.79 Å². The summed E-state index contributed by atoms with van der Waals surface area (Å²) in [5.41, 5.74) is 0.562. The standard InChI is InChI=1S/C16H23FN2OS/c1-3-14-16(20)19(10-6-7-11-21-2)15(18-14)12-8-4-5-9-13(12)17/h4-5,8-9,14-15,18H,3,6-7,10-11H2,1-2H3. The van der Waals surface area contributed by atoms with Gasteiger partial charge < -0.3 is 4.90 Å². The van der Waals surface area contributed by atoms with E-state index in [1.807, 2.05) is 24.8 Å². The lowest BCUT2D eigenvalue weighted by Crippen LogP contribution is -2.32. The molecule has 2 atom stereocenters. The Kier molecular flexibility index (Phi) is 6.06. The Morgan fingerprint density at radius 3 is 2.76 bits per heavy atom. The third kappa shape index (κ3) is 3.77. The van der Waals surface area contributed by atoms with E-state index in [4.69, 9.17) is 0 Å². The Bertz CT molecular complexity index is 483. The second kappa shape index (κ2) is 7.80. The van der Waals surface area contributed by atoms with Gasteiger partial charge in [-0.3, -0.25) is 10.1 Å². The summed E-state index contributed by atoms with van der Waals surface area (Å²) in [7, 11) is 0. The van der Waals surface area contributed by atoms with Crippen LogP contribution in [0.25, 0.3) is 0 Å². The van der Waals surface area contributed by atoms with Gasteiger partial charge in [0.15, 0.2) is 0 Å². The highest BCUT2D eigenvalue weighted by Crippen LogP contribution is 2.28. The molecule has 21 heavy (non-hydrogen) atoms. The molecule has 0 saturated carbocycles. The molecule has 3 nitrogen and oxygen atoms in total. The van der Waals surface area contributed by atoms with Gasteiger partial charge in [-0.2, -0.15) is 11.8 Å². The van der Waals surface area contributed by atoms with E-state index in [1.54, 1.807) is 17.0 Å². The highest BCUT2D eigenvalue weighted by molar-refractivity contribution is 7.98. The number of nitrogens with one attached hydrogen (secondary N) is 1. The maximum Gasteiger partial charge on any atom is 0.241 e. The van der Waals surface area contributed by atoms with Gasteiger partial charge in [-0.25, -0.2) is 4.39 Å². The van der Waals surface area contributed by atoms with Crippen LogP contribution in [0.15, 0.2) is 24.3 Å². The van der Waals surface area contributed by atoms with Crippen molar-refractivity contribution in [1.82, 2.24) is 10.2 Å². The number of rotatable bonds is 7. The summed E-state index contributed by atoms with van der Waals surface area (Å²) in [6.45, 7) is 2.66. The Labute approximate surface area is 130 Å². The van der Waals surface area contributed by atoms with Crippen molar-refractivity contribution in [2.24, 2.45) is 0 Å². The van der Waals surface area contributed by atoms with Crippen LogP contribution in [0.4, 0.5) is 4.39 Å². The minimum absolute atomic E-state index is 0.0925. The highest BCUT2D eigenvalue weighted by atomic mass is 32.2. The van der Waals surface area contributed by atoms with Crippen LogP contribution in [-0.4, -0.2) is 35.4 Å². The number of halogens is 1. The molecular formula is C16H23FN2OS. The SMILES string of the molecule is CCC1NC(c2ccccc2F)N(CCCCSC)C1=O. The molecule has 116 valence electrons. The van der Waals surface area contributed by atoms with Gasteiger partial charge in [0, 0.05) is 12.1 Å². The fourth-order valence-electron chi connectivity index (χ4n) is 2.69. The van der Waals surface area contributed by atoms with E-state index in [2.05, 4.69) is 11.6 Å². The Morgan fingerprint density at radius 2 is 2.10 bits per heavy atom. The van der Waals surface area contributed by atoms with Crippen LogP contribution in [0.3, 0.4) is 0 Å². The molecule has 1 amide bonds. The summed E-state index contributed by atoms with van der Waals surface area (Å²) in [5, 5.41) is 3.27. The number of carbonyl (C=O) groups is 1.